The van der Waals surface area contributed by atoms with Crippen LogP contribution in [0.1, 0.15) is 25.7 Å². The standard InChI is InChI=1S/C11H16BrN3/c12-10-7-14-6-5-11(10)15-9-3-1-8(13)2-4-9/h5-9H,1-4,13H2,(H,14,15). The second-order valence-corrected chi connectivity index (χ2v) is 4.97. The zero-order valence-corrected chi connectivity index (χ0v) is 10.2. The van der Waals surface area contributed by atoms with Crippen LogP contribution in [0.3, 0.4) is 0 Å². The molecule has 0 radical (unpaired) electrons. The lowest BCUT2D eigenvalue weighted by Gasteiger charge is -2.27. The van der Waals surface area contributed by atoms with Gasteiger partial charge >= 0.3 is 0 Å². The van der Waals surface area contributed by atoms with E-state index in [1.165, 1.54) is 0 Å². The topological polar surface area (TPSA) is 50.9 Å². The van der Waals surface area contributed by atoms with E-state index in [1.54, 1.807) is 0 Å². The van der Waals surface area contributed by atoms with Crippen molar-refractivity contribution in [3.63, 3.8) is 0 Å². The highest BCUT2D eigenvalue weighted by Gasteiger charge is 2.18. The van der Waals surface area contributed by atoms with Crippen molar-refractivity contribution in [3.8, 4) is 0 Å². The van der Waals surface area contributed by atoms with Gasteiger partial charge in [-0.1, -0.05) is 0 Å². The Balaban J connectivity index is 1.95. The van der Waals surface area contributed by atoms with Crippen molar-refractivity contribution in [2.24, 2.45) is 5.73 Å². The fourth-order valence-corrected chi connectivity index (χ4v) is 2.34. The van der Waals surface area contributed by atoms with Crippen molar-refractivity contribution < 1.29 is 0 Å². The monoisotopic (exact) mass is 269 g/mol. The third-order valence-electron chi connectivity index (χ3n) is 2.90. The average molecular weight is 270 g/mol. The molecule has 1 aromatic rings. The smallest absolute Gasteiger partial charge is 0.0590 e. The van der Waals surface area contributed by atoms with Gasteiger partial charge in [0, 0.05) is 24.5 Å². The highest BCUT2D eigenvalue weighted by atomic mass is 79.9. The van der Waals surface area contributed by atoms with Gasteiger partial charge in [0.05, 0.1) is 10.2 Å². The summed E-state index contributed by atoms with van der Waals surface area (Å²) in [5, 5.41) is 3.53. The van der Waals surface area contributed by atoms with Gasteiger partial charge in [-0.15, -0.1) is 0 Å². The zero-order chi connectivity index (χ0) is 10.7. The van der Waals surface area contributed by atoms with Crippen LogP contribution in [0.15, 0.2) is 22.9 Å². The van der Waals surface area contributed by atoms with Crippen molar-refractivity contribution >= 4 is 21.6 Å². The van der Waals surface area contributed by atoms with Crippen LogP contribution < -0.4 is 11.1 Å². The molecule has 1 fully saturated rings. The molecular weight excluding hydrogens is 254 g/mol. The van der Waals surface area contributed by atoms with Gasteiger partial charge in [-0.3, -0.25) is 4.98 Å². The minimum Gasteiger partial charge on any atom is -0.381 e. The van der Waals surface area contributed by atoms with Gasteiger partial charge in [-0.05, 0) is 47.7 Å². The lowest BCUT2D eigenvalue weighted by Crippen LogP contribution is -2.32. The molecule has 1 aliphatic carbocycles. The number of pyridine rings is 1. The third kappa shape index (κ3) is 2.92. The van der Waals surface area contributed by atoms with Crippen LogP contribution in [0.25, 0.3) is 0 Å². The highest BCUT2D eigenvalue weighted by Crippen LogP contribution is 2.25. The number of nitrogens with one attached hydrogen (secondary N) is 1. The first-order valence-corrected chi connectivity index (χ1v) is 6.16. The number of nitrogens with zero attached hydrogens (tertiary/aromatic N) is 1. The summed E-state index contributed by atoms with van der Waals surface area (Å²) in [6, 6.07) is 2.96. The minimum absolute atomic E-state index is 0.406. The van der Waals surface area contributed by atoms with Gasteiger partial charge in [-0.25, -0.2) is 0 Å². The summed E-state index contributed by atoms with van der Waals surface area (Å²) in [6.45, 7) is 0. The SMILES string of the molecule is NC1CCC(Nc2ccncc2Br)CC1. The molecule has 0 aliphatic heterocycles. The van der Waals surface area contributed by atoms with Crippen molar-refractivity contribution in [3.05, 3.63) is 22.9 Å². The lowest BCUT2D eigenvalue weighted by atomic mass is 9.92. The van der Waals surface area contributed by atoms with E-state index in [4.69, 9.17) is 5.73 Å². The van der Waals surface area contributed by atoms with Gasteiger partial charge in [0.2, 0.25) is 0 Å². The molecule has 0 saturated heterocycles. The summed E-state index contributed by atoms with van der Waals surface area (Å²) in [4.78, 5) is 4.04. The second kappa shape index (κ2) is 4.94. The Morgan fingerprint density at radius 3 is 2.73 bits per heavy atom. The number of nitrogens with two attached hydrogens (primary N) is 1. The van der Waals surface area contributed by atoms with Crippen molar-refractivity contribution in [2.45, 2.75) is 37.8 Å². The van der Waals surface area contributed by atoms with E-state index in [-0.39, 0.29) is 0 Å². The Hall–Kier alpha value is -0.610. The van der Waals surface area contributed by atoms with Gasteiger partial charge < -0.3 is 11.1 Å². The van der Waals surface area contributed by atoms with Gasteiger partial charge in [0.25, 0.3) is 0 Å². The Morgan fingerprint density at radius 2 is 2.07 bits per heavy atom. The maximum absolute atomic E-state index is 5.87. The molecule has 3 N–H and O–H groups in total. The van der Waals surface area contributed by atoms with E-state index in [0.29, 0.717) is 12.1 Å². The predicted molar refractivity (Wildman–Crippen MR) is 65.8 cm³/mol. The fraction of sp³-hybridized carbons (Fsp3) is 0.545. The van der Waals surface area contributed by atoms with E-state index in [2.05, 4.69) is 26.2 Å². The van der Waals surface area contributed by atoms with Crippen LogP contribution in [-0.2, 0) is 0 Å². The van der Waals surface area contributed by atoms with Crippen LogP contribution >= 0.6 is 15.9 Å². The number of aromatic nitrogens is 1. The zero-order valence-electron chi connectivity index (χ0n) is 8.62. The molecule has 0 unspecified atom stereocenters. The molecule has 0 amide bonds. The second-order valence-electron chi connectivity index (χ2n) is 4.11. The summed E-state index contributed by atoms with van der Waals surface area (Å²) in [6.07, 6.45) is 8.20. The van der Waals surface area contributed by atoms with Crippen LogP contribution in [-0.4, -0.2) is 17.1 Å². The normalized spacial score (nSPS) is 26.3. The molecule has 0 spiro atoms. The van der Waals surface area contributed by atoms with Gasteiger partial charge in [-0.2, -0.15) is 0 Å². The molecule has 82 valence electrons. The number of hydrogen-bond acceptors (Lipinski definition) is 3. The summed E-state index contributed by atoms with van der Waals surface area (Å²) in [5.74, 6) is 0. The molecule has 0 bridgehead atoms. The molecule has 1 aliphatic rings. The summed E-state index contributed by atoms with van der Waals surface area (Å²) < 4.78 is 1.03. The molecule has 1 saturated carbocycles. The lowest BCUT2D eigenvalue weighted by molar-refractivity contribution is 0.411. The first kappa shape index (κ1) is 10.9. The van der Waals surface area contributed by atoms with Crippen LogP contribution in [0.5, 0.6) is 0 Å². The summed E-state index contributed by atoms with van der Waals surface area (Å²) in [7, 11) is 0. The molecule has 3 nitrogen and oxygen atoms in total. The summed E-state index contributed by atoms with van der Waals surface area (Å²) in [5.41, 5.74) is 7.00. The molecular formula is C11H16BrN3. The maximum Gasteiger partial charge on any atom is 0.0590 e. The van der Waals surface area contributed by atoms with Crippen molar-refractivity contribution in [1.29, 1.82) is 0 Å². The maximum atomic E-state index is 5.87. The van der Waals surface area contributed by atoms with E-state index >= 15 is 0 Å². The number of rotatable bonds is 2. The fourth-order valence-electron chi connectivity index (χ4n) is 1.98. The predicted octanol–water partition coefficient (Wildman–Crippen LogP) is 2.53. The quantitative estimate of drug-likeness (QED) is 0.868. The minimum atomic E-state index is 0.406. The Labute approximate surface area is 98.6 Å². The Morgan fingerprint density at radius 1 is 1.33 bits per heavy atom. The molecule has 0 atom stereocenters. The van der Waals surface area contributed by atoms with Crippen LogP contribution in [0, 0.1) is 0 Å². The van der Waals surface area contributed by atoms with Crippen LogP contribution in [0.4, 0.5) is 5.69 Å². The van der Waals surface area contributed by atoms with Crippen molar-refractivity contribution in [2.75, 3.05) is 5.32 Å². The highest BCUT2D eigenvalue weighted by molar-refractivity contribution is 9.10. The molecule has 4 heteroatoms. The largest absolute Gasteiger partial charge is 0.381 e. The molecule has 0 aromatic carbocycles. The third-order valence-corrected chi connectivity index (χ3v) is 3.54. The van der Waals surface area contributed by atoms with Crippen LogP contribution in [0.2, 0.25) is 0 Å². The van der Waals surface area contributed by atoms with E-state index in [0.717, 1.165) is 35.8 Å². The molecule has 2 rings (SSSR count). The van der Waals surface area contributed by atoms with Crippen molar-refractivity contribution in [1.82, 2.24) is 4.98 Å². The molecule has 1 heterocycles. The number of hydrogen-bond donors (Lipinski definition) is 2. The molecule has 15 heavy (non-hydrogen) atoms. The molecule has 1 aromatic heterocycles. The van der Waals surface area contributed by atoms with Gasteiger partial charge in [0.1, 0.15) is 0 Å². The first-order chi connectivity index (χ1) is 7.25. The van der Waals surface area contributed by atoms with E-state index in [9.17, 15) is 0 Å². The number of anilines is 1. The van der Waals surface area contributed by atoms with E-state index in [1.807, 2.05) is 18.5 Å². The first-order valence-electron chi connectivity index (χ1n) is 5.37. The number of halogens is 1. The Kier molecular flexibility index (Phi) is 3.59. The van der Waals surface area contributed by atoms with Gasteiger partial charge in [0.15, 0.2) is 0 Å². The average Bonchev–Trinajstić information content (AvgIpc) is 2.25. The van der Waals surface area contributed by atoms with E-state index < -0.39 is 0 Å². The summed E-state index contributed by atoms with van der Waals surface area (Å²) >= 11 is 3.49. The Bertz CT molecular complexity index is 321.